The molecule has 0 bridgehead atoms. The van der Waals surface area contributed by atoms with Gasteiger partial charge in [-0.3, -0.25) is 9.59 Å². The second-order valence-electron chi connectivity index (χ2n) is 5.46. The molecule has 1 aliphatic heterocycles. The number of ether oxygens (including phenoxy) is 3. The summed E-state index contributed by atoms with van der Waals surface area (Å²) in [6.07, 6.45) is 0. The molecule has 0 saturated heterocycles. The lowest BCUT2D eigenvalue weighted by Crippen LogP contribution is -2.22. The number of thiazole rings is 1. The Morgan fingerprint density at radius 1 is 1.31 bits per heavy atom. The summed E-state index contributed by atoms with van der Waals surface area (Å²) in [5.41, 5.74) is 0.784. The lowest BCUT2D eigenvalue weighted by molar-refractivity contribution is -0.141. The third-order valence-electron chi connectivity index (χ3n) is 3.74. The smallest absolute Gasteiger partial charge is 0.325 e. The van der Waals surface area contributed by atoms with Gasteiger partial charge in [0.25, 0.3) is 0 Å². The molecule has 134 valence electrons. The van der Waals surface area contributed by atoms with Crippen molar-refractivity contribution in [3.63, 3.8) is 0 Å². The molecule has 0 spiro atoms. The molecule has 2 aromatic heterocycles. The van der Waals surface area contributed by atoms with Gasteiger partial charge in [0, 0.05) is 18.2 Å². The topological polar surface area (TPSA) is 105 Å². The second-order valence-corrected chi connectivity index (χ2v) is 6.47. The first kappa shape index (κ1) is 16.3. The van der Waals surface area contributed by atoms with Crippen LogP contribution in [0.2, 0.25) is 0 Å². The maximum Gasteiger partial charge on any atom is 0.325 e. The standard InChI is InChI=1S/C16H13N3O6S/c1-8-3-9(18-25-8)15(21)17-16-19(6-14(20)22-2)10-4-11-12(24-7-23-11)5-13(10)26-16/h3-5H,6-7H2,1-2H3. The van der Waals surface area contributed by atoms with Gasteiger partial charge in [-0.05, 0) is 6.92 Å². The molecule has 3 aromatic rings. The highest BCUT2D eigenvalue weighted by atomic mass is 32.1. The maximum absolute atomic E-state index is 12.4. The van der Waals surface area contributed by atoms with Gasteiger partial charge in [-0.2, -0.15) is 4.99 Å². The Balaban J connectivity index is 1.87. The summed E-state index contributed by atoms with van der Waals surface area (Å²) in [5.74, 6) is 0.654. The van der Waals surface area contributed by atoms with E-state index in [1.807, 2.05) is 0 Å². The molecule has 3 heterocycles. The molecule has 0 atom stereocenters. The largest absolute Gasteiger partial charge is 0.468 e. The van der Waals surface area contributed by atoms with Crippen molar-refractivity contribution in [3.05, 3.63) is 34.5 Å². The highest BCUT2D eigenvalue weighted by Crippen LogP contribution is 2.37. The van der Waals surface area contributed by atoms with Crippen LogP contribution in [0.5, 0.6) is 11.5 Å². The molecule has 10 heteroatoms. The van der Waals surface area contributed by atoms with E-state index in [-0.39, 0.29) is 19.0 Å². The fraction of sp³-hybridized carbons (Fsp3) is 0.250. The minimum Gasteiger partial charge on any atom is -0.468 e. The number of rotatable bonds is 3. The number of amides is 1. The SMILES string of the molecule is COC(=O)Cn1c(=NC(=O)c2cc(C)on2)sc2cc3c(cc21)OCO3. The summed E-state index contributed by atoms with van der Waals surface area (Å²) in [4.78, 5) is 28.6. The molecule has 1 aliphatic rings. The lowest BCUT2D eigenvalue weighted by atomic mass is 10.3. The van der Waals surface area contributed by atoms with Gasteiger partial charge in [0.15, 0.2) is 22.0 Å². The van der Waals surface area contributed by atoms with Crippen molar-refractivity contribution in [3.8, 4) is 11.5 Å². The van der Waals surface area contributed by atoms with E-state index in [2.05, 4.69) is 10.1 Å². The maximum atomic E-state index is 12.4. The van der Waals surface area contributed by atoms with Crippen LogP contribution in [0.15, 0.2) is 27.7 Å². The van der Waals surface area contributed by atoms with E-state index in [1.54, 1.807) is 23.6 Å². The zero-order valence-electron chi connectivity index (χ0n) is 13.8. The van der Waals surface area contributed by atoms with Crippen LogP contribution >= 0.6 is 11.3 Å². The minimum atomic E-state index is -0.563. The number of nitrogens with zero attached hydrogens (tertiary/aromatic N) is 3. The number of hydrogen-bond acceptors (Lipinski definition) is 8. The van der Waals surface area contributed by atoms with Crippen molar-refractivity contribution in [2.24, 2.45) is 4.99 Å². The number of esters is 1. The Labute approximate surface area is 150 Å². The average molecular weight is 375 g/mol. The molecule has 26 heavy (non-hydrogen) atoms. The van der Waals surface area contributed by atoms with Crippen molar-refractivity contribution in [1.82, 2.24) is 9.72 Å². The molecule has 0 fully saturated rings. The molecule has 1 amide bonds. The van der Waals surface area contributed by atoms with Gasteiger partial charge in [0.1, 0.15) is 12.3 Å². The molecule has 0 unspecified atom stereocenters. The van der Waals surface area contributed by atoms with Gasteiger partial charge in [-0.1, -0.05) is 16.5 Å². The fourth-order valence-corrected chi connectivity index (χ4v) is 3.54. The van der Waals surface area contributed by atoms with Crippen molar-refractivity contribution in [1.29, 1.82) is 0 Å². The number of aryl methyl sites for hydroxylation is 1. The zero-order chi connectivity index (χ0) is 18.3. The monoisotopic (exact) mass is 375 g/mol. The van der Waals surface area contributed by atoms with E-state index in [4.69, 9.17) is 18.7 Å². The Bertz CT molecular complexity index is 1090. The van der Waals surface area contributed by atoms with E-state index in [0.717, 1.165) is 4.70 Å². The van der Waals surface area contributed by atoms with Crippen molar-refractivity contribution in [2.75, 3.05) is 13.9 Å². The van der Waals surface area contributed by atoms with Gasteiger partial charge in [-0.15, -0.1) is 0 Å². The van der Waals surface area contributed by atoms with Gasteiger partial charge in [0.2, 0.25) is 6.79 Å². The number of carbonyl (C=O) groups excluding carboxylic acids is 2. The van der Waals surface area contributed by atoms with Gasteiger partial charge in [0.05, 0.1) is 17.3 Å². The molecule has 0 N–H and O–H groups in total. The van der Waals surface area contributed by atoms with E-state index in [1.165, 1.54) is 24.5 Å². The molecular weight excluding hydrogens is 362 g/mol. The fourth-order valence-electron chi connectivity index (χ4n) is 2.50. The number of methoxy groups -OCH3 is 1. The molecule has 1 aromatic carbocycles. The third kappa shape index (κ3) is 2.84. The Kier molecular flexibility index (Phi) is 3.96. The Morgan fingerprint density at radius 2 is 2.08 bits per heavy atom. The van der Waals surface area contributed by atoms with Gasteiger partial charge < -0.3 is 23.3 Å². The van der Waals surface area contributed by atoms with Gasteiger partial charge in [-0.25, -0.2) is 0 Å². The van der Waals surface area contributed by atoms with Crippen molar-refractivity contribution >= 4 is 33.4 Å². The average Bonchev–Trinajstić information content (AvgIpc) is 3.32. The highest BCUT2D eigenvalue weighted by molar-refractivity contribution is 7.16. The molecular formula is C16H13N3O6S. The van der Waals surface area contributed by atoms with Crippen LogP contribution in [0.25, 0.3) is 10.2 Å². The summed E-state index contributed by atoms with van der Waals surface area (Å²) in [6, 6.07) is 5.04. The molecule has 4 rings (SSSR count). The normalized spacial score (nSPS) is 13.4. The second kappa shape index (κ2) is 6.30. The van der Waals surface area contributed by atoms with Crippen molar-refractivity contribution < 1.29 is 28.3 Å². The number of hydrogen-bond donors (Lipinski definition) is 0. The van der Waals surface area contributed by atoms with E-state index >= 15 is 0 Å². The number of carbonyl (C=O) groups is 2. The summed E-state index contributed by atoms with van der Waals surface area (Å²) in [7, 11) is 1.30. The molecule has 9 nitrogen and oxygen atoms in total. The Morgan fingerprint density at radius 3 is 2.77 bits per heavy atom. The van der Waals surface area contributed by atoms with Crippen LogP contribution in [0.4, 0.5) is 0 Å². The summed E-state index contributed by atoms with van der Waals surface area (Å²) in [6.45, 7) is 1.73. The van der Waals surface area contributed by atoms with Crippen LogP contribution in [-0.4, -0.2) is 35.5 Å². The molecule has 0 saturated carbocycles. The quantitative estimate of drug-likeness (QED) is 0.641. The predicted octanol–water partition coefficient (Wildman–Crippen LogP) is 1.64. The number of benzene rings is 1. The summed E-state index contributed by atoms with van der Waals surface area (Å²) in [5, 5.41) is 3.67. The van der Waals surface area contributed by atoms with E-state index in [0.29, 0.717) is 27.6 Å². The van der Waals surface area contributed by atoms with E-state index in [9.17, 15) is 9.59 Å². The first-order chi connectivity index (χ1) is 12.5. The first-order valence-electron chi connectivity index (χ1n) is 7.57. The number of fused-ring (bicyclic) bond motifs is 2. The molecule has 0 radical (unpaired) electrons. The Hall–Kier alpha value is -3.14. The van der Waals surface area contributed by atoms with Crippen LogP contribution in [0.3, 0.4) is 0 Å². The minimum absolute atomic E-state index is 0.0961. The summed E-state index contributed by atoms with van der Waals surface area (Å²) >= 11 is 1.25. The highest BCUT2D eigenvalue weighted by Gasteiger charge is 2.19. The van der Waals surface area contributed by atoms with Gasteiger partial charge >= 0.3 is 11.9 Å². The first-order valence-corrected chi connectivity index (χ1v) is 8.39. The van der Waals surface area contributed by atoms with Crippen LogP contribution < -0.4 is 14.3 Å². The summed E-state index contributed by atoms with van der Waals surface area (Å²) < 4.78 is 22.8. The zero-order valence-corrected chi connectivity index (χ0v) is 14.7. The lowest BCUT2D eigenvalue weighted by Gasteiger charge is -2.04. The van der Waals surface area contributed by atoms with Crippen LogP contribution in [0.1, 0.15) is 16.2 Å². The van der Waals surface area contributed by atoms with Crippen LogP contribution in [-0.2, 0) is 16.1 Å². The van der Waals surface area contributed by atoms with Crippen molar-refractivity contribution in [2.45, 2.75) is 13.5 Å². The van der Waals surface area contributed by atoms with Crippen LogP contribution in [0, 0.1) is 6.92 Å². The van der Waals surface area contributed by atoms with E-state index < -0.39 is 11.9 Å². The third-order valence-corrected chi connectivity index (χ3v) is 4.78. The number of aromatic nitrogens is 2. The predicted molar refractivity (Wildman–Crippen MR) is 89.1 cm³/mol. The molecule has 0 aliphatic carbocycles.